The summed E-state index contributed by atoms with van der Waals surface area (Å²) in [6, 6.07) is 4.71. The molecule has 0 spiro atoms. The largest absolute Gasteiger partial charge is 0.480 e. The van der Waals surface area contributed by atoms with Crippen molar-refractivity contribution in [3.8, 4) is 0 Å². The molecule has 0 bridgehead atoms. The third-order valence-electron chi connectivity index (χ3n) is 3.87. The van der Waals surface area contributed by atoms with E-state index in [1.807, 2.05) is 26.0 Å². The van der Waals surface area contributed by atoms with Crippen molar-refractivity contribution in [3.63, 3.8) is 0 Å². The lowest BCUT2D eigenvalue weighted by atomic mass is 9.90. The van der Waals surface area contributed by atoms with Gasteiger partial charge in [-0.3, -0.25) is 4.79 Å². The molecule has 1 aromatic carbocycles. The van der Waals surface area contributed by atoms with E-state index in [1.54, 1.807) is 6.07 Å². The Hall–Kier alpha value is -1.36. The summed E-state index contributed by atoms with van der Waals surface area (Å²) in [5.41, 5.74) is 1.43. The average molecular weight is 340 g/mol. The van der Waals surface area contributed by atoms with Gasteiger partial charge >= 0.3 is 5.97 Å². The third-order valence-corrected chi connectivity index (χ3v) is 4.36. The fourth-order valence-corrected chi connectivity index (χ4v) is 3.29. The van der Waals surface area contributed by atoms with Crippen LogP contribution in [0.3, 0.4) is 0 Å². The standard InChI is InChI=1S/C15H18BrNO3/c1-9-4-3-7-17(13(9)15(19)20)14(18)12-6-5-11(16)8-10(12)2/h5-6,8-9,13H,3-4,7H2,1-2H3,(H,19,20). The quantitative estimate of drug-likeness (QED) is 0.900. The van der Waals surface area contributed by atoms with Crippen LogP contribution in [0, 0.1) is 12.8 Å². The van der Waals surface area contributed by atoms with E-state index in [0.29, 0.717) is 12.1 Å². The summed E-state index contributed by atoms with van der Waals surface area (Å²) in [7, 11) is 0. The van der Waals surface area contributed by atoms with Gasteiger partial charge in [-0.1, -0.05) is 22.9 Å². The van der Waals surface area contributed by atoms with E-state index in [0.717, 1.165) is 22.9 Å². The number of rotatable bonds is 2. The van der Waals surface area contributed by atoms with Crippen molar-refractivity contribution in [1.29, 1.82) is 0 Å². The summed E-state index contributed by atoms with van der Waals surface area (Å²) in [6.07, 6.45) is 1.70. The molecule has 1 aliphatic rings. The Balaban J connectivity index is 2.33. The minimum atomic E-state index is -0.916. The molecule has 1 fully saturated rings. The fraction of sp³-hybridized carbons (Fsp3) is 0.467. The molecule has 1 heterocycles. The predicted molar refractivity (Wildman–Crippen MR) is 79.7 cm³/mol. The number of amides is 1. The molecule has 108 valence electrons. The predicted octanol–water partition coefficient (Wildman–Crippen LogP) is 3.08. The van der Waals surface area contributed by atoms with Crippen molar-refractivity contribution in [3.05, 3.63) is 33.8 Å². The Morgan fingerprint density at radius 2 is 2.10 bits per heavy atom. The van der Waals surface area contributed by atoms with Crippen molar-refractivity contribution in [2.45, 2.75) is 32.7 Å². The highest BCUT2D eigenvalue weighted by Crippen LogP contribution is 2.26. The Kier molecular flexibility index (Phi) is 4.48. The second kappa shape index (κ2) is 5.95. The van der Waals surface area contributed by atoms with Crippen LogP contribution in [0.5, 0.6) is 0 Å². The van der Waals surface area contributed by atoms with Crippen molar-refractivity contribution in [2.75, 3.05) is 6.54 Å². The molecule has 1 N–H and O–H groups in total. The molecule has 2 rings (SSSR count). The molecule has 2 atom stereocenters. The number of carbonyl (C=O) groups is 2. The summed E-state index contributed by atoms with van der Waals surface area (Å²) in [5.74, 6) is -1.12. The number of nitrogens with zero attached hydrogens (tertiary/aromatic N) is 1. The molecule has 0 saturated carbocycles. The van der Waals surface area contributed by atoms with Crippen molar-refractivity contribution < 1.29 is 14.7 Å². The topological polar surface area (TPSA) is 57.6 Å². The van der Waals surface area contributed by atoms with Crippen LogP contribution in [-0.2, 0) is 4.79 Å². The lowest BCUT2D eigenvalue weighted by molar-refractivity contribution is -0.145. The molecule has 0 aliphatic carbocycles. The van der Waals surface area contributed by atoms with E-state index in [1.165, 1.54) is 4.90 Å². The van der Waals surface area contributed by atoms with Gasteiger partial charge in [0.25, 0.3) is 5.91 Å². The number of aliphatic carboxylic acids is 1. The van der Waals surface area contributed by atoms with Crippen molar-refractivity contribution >= 4 is 27.8 Å². The highest BCUT2D eigenvalue weighted by Gasteiger charge is 2.37. The molecule has 0 radical (unpaired) electrons. The van der Waals surface area contributed by atoms with Crippen LogP contribution in [0.15, 0.2) is 22.7 Å². The van der Waals surface area contributed by atoms with Crippen molar-refractivity contribution in [2.24, 2.45) is 5.92 Å². The Bertz CT molecular complexity index is 544. The summed E-state index contributed by atoms with van der Waals surface area (Å²) < 4.78 is 0.911. The van der Waals surface area contributed by atoms with Gasteiger partial charge in [0.2, 0.25) is 0 Å². The molecule has 0 aromatic heterocycles. The Morgan fingerprint density at radius 1 is 1.40 bits per heavy atom. The maximum atomic E-state index is 12.6. The van der Waals surface area contributed by atoms with E-state index in [-0.39, 0.29) is 11.8 Å². The molecular formula is C15H18BrNO3. The number of carboxylic acid groups (broad SMARTS) is 1. The van der Waals surface area contributed by atoms with Crippen molar-refractivity contribution in [1.82, 2.24) is 4.90 Å². The molecule has 4 nitrogen and oxygen atoms in total. The molecule has 5 heteroatoms. The number of aryl methyl sites for hydroxylation is 1. The van der Waals surface area contributed by atoms with Gasteiger partial charge < -0.3 is 10.0 Å². The Morgan fingerprint density at radius 3 is 2.70 bits per heavy atom. The zero-order valence-corrected chi connectivity index (χ0v) is 13.2. The van der Waals surface area contributed by atoms with E-state index in [2.05, 4.69) is 15.9 Å². The first-order valence-electron chi connectivity index (χ1n) is 6.71. The first kappa shape index (κ1) is 15.0. The van der Waals surface area contributed by atoms with Crippen LogP contribution in [0.4, 0.5) is 0 Å². The van der Waals surface area contributed by atoms with Crippen LogP contribution in [0.25, 0.3) is 0 Å². The summed E-state index contributed by atoms with van der Waals surface area (Å²) in [6.45, 7) is 4.27. The number of piperidine rings is 1. The van der Waals surface area contributed by atoms with E-state index in [4.69, 9.17) is 0 Å². The van der Waals surface area contributed by atoms with Gasteiger partial charge in [0, 0.05) is 16.6 Å². The lowest BCUT2D eigenvalue weighted by Gasteiger charge is -2.37. The number of hydrogen-bond donors (Lipinski definition) is 1. The highest BCUT2D eigenvalue weighted by atomic mass is 79.9. The third kappa shape index (κ3) is 2.87. The maximum Gasteiger partial charge on any atom is 0.326 e. The van der Waals surface area contributed by atoms with Gasteiger partial charge in [0.05, 0.1) is 0 Å². The zero-order chi connectivity index (χ0) is 14.9. The van der Waals surface area contributed by atoms with Gasteiger partial charge in [-0.05, 0) is 49.4 Å². The number of likely N-dealkylation sites (tertiary alicyclic amines) is 1. The number of hydrogen-bond acceptors (Lipinski definition) is 2. The zero-order valence-electron chi connectivity index (χ0n) is 11.6. The maximum absolute atomic E-state index is 12.6. The van der Waals surface area contributed by atoms with Gasteiger partial charge in [-0.15, -0.1) is 0 Å². The van der Waals surface area contributed by atoms with Gasteiger partial charge in [0.1, 0.15) is 6.04 Å². The summed E-state index contributed by atoms with van der Waals surface area (Å²) in [4.78, 5) is 25.6. The van der Waals surface area contributed by atoms with Crippen LogP contribution in [-0.4, -0.2) is 34.5 Å². The van der Waals surface area contributed by atoms with Gasteiger partial charge in [0.15, 0.2) is 0 Å². The van der Waals surface area contributed by atoms with E-state index < -0.39 is 12.0 Å². The first-order chi connectivity index (χ1) is 9.41. The highest BCUT2D eigenvalue weighted by molar-refractivity contribution is 9.10. The molecular weight excluding hydrogens is 322 g/mol. The van der Waals surface area contributed by atoms with Crippen LogP contribution < -0.4 is 0 Å². The molecule has 1 aromatic rings. The monoisotopic (exact) mass is 339 g/mol. The van der Waals surface area contributed by atoms with Crippen LogP contribution >= 0.6 is 15.9 Å². The van der Waals surface area contributed by atoms with Gasteiger partial charge in [-0.2, -0.15) is 0 Å². The molecule has 2 unspecified atom stereocenters. The lowest BCUT2D eigenvalue weighted by Crippen LogP contribution is -2.52. The molecule has 1 saturated heterocycles. The molecule has 1 amide bonds. The number of carbonyl (C=O) groups excluding carboxylic acids is 1. The van der Waals surface area contributed by atoms with E-state index >= 15 is 0 Å². The number of benzene rings is 1. The second-order valence-electron chi connectivity index (χ2n) is 5.36. The Labute approximate surface area is 126 Å². The minimum absolute atomic E-state index is 0.0130. The normalized spacial score (nSPS) is 22.6. The SMILES string of the molecule is Cc1cc(Br)ccc1C(=O)N1CCCC(C)C1C(=O)O. The second-order valence-corrected chi connectivity index (χ2v) is 6.28. The van der Waals surface area contributed by atoms with Crippen LogP contribution in [0.1, 0.15) is 35.7 Å². The summed E-state index contributed by atoms with van der Waals surface area (Å²) >= 11 is 3.37. The number of halogens is 1. The van der Waals surface area contributed by atoms with E-state index in [9.17, 15) is 14.7 Å². The molecule has 20 heavy (non-hydrogen) atoms. The summed E-state index contributed by atoms with van der Waals surface area (Å²) in [5, 5.41) is 9.39. The average Bonchev–Trinajstić information content (AvgIpc) is 2.37. The first-order valence-corrected chi connectivity index (χ1v) is 7.51. The minimum Gasteiger partial charge on any atom is -0.480 e. The fourth-order valence-electron chi connectivity index (χ4n) is 2.81. The molecule has 1 aliphatic heterocycles. The van der Waals surface area contributed by atoms with Crippen LogP contribution in [0.2, 0.25) is 0 Å². The number of carboxylic acids is 1. The van der Waals surface area contributed by atoms with Gasteiger partial charge in [-0.25, -0.2) is 4.79 Å². The smallest absolute Gasteiger partial charge is 0.326 e.